The van der Waals surface area contributed by atoms with Gasteiger partial charge in [0.1, 0.15) is 5.82 Å². The number of methoxy groups -OCH3 is 1. The number of benzene rings is 2. The van der Waals surface area contributed by atoms with E-state index < -0.39 is 12.0 Å². The van der Waals surface area contributed by atoms with Crippen molar-refractivity contribution in [1.82, 2.24) is 15.5 Å². The number of carbonyl (C=O) groups excluding carboxylic acids is 2. The van der Waals surface area contributed by atoms with E-state index in [1.807, 2.05) is 30.3 Å². The first-order valence-corrected chi connectivity index (χ1v) is 10.2. The number of nitrogens with zero attached hydrogens (tertiary/aromatic N) is 2. The SMILES string of the molecule is COC(=O)C1=C(CN2CCN(c3ccc(F)cc3)CC2)NC(=O)N[C@H]1c1ccccc1. The molecule has 2 heterocycles. The molecule has 0 spiro atoms. The van der Waals surface area contributed by atoms with Crippen molar-refractivity contribution >= 4 is 17.7 Å². The quantitative estimate of drug-likeness (QED) is 0.722. The number of nitrogens with one attached hydrogen (secondary N) is 2. The number of hydrogen-bond donors (Lipinski definition) is 2. The maximum absolute atomic E-state index is 13.2. The topological polar surface area (TPSA) is 73.9 Å². The van der Waals surface area contributed by atoms with E-state index >= 15 is 0 Å². The first-order valence-electron chi connectivity index (χ1n) is 10.2. The van der Waals surface area contributed by atoms with Gasteiger partial charge in [0.25, 0.3) is 0 Å². The Balaban J connectivity index is 1.52. The van der Waals surface area contributed by atoms with Crippen LogP contribution in [-0.4, -0.2) is 56.7 Å². The number of urea groups is 1. The molecular weight excluding hydrogens is 399 g/mol. The van der Waals surface area contributed by atoms with Gasteiger partial charge in [0.2, 0.25) is 0 Å². The van der Waals surface area contributed by atoms with Crippen LogP contribution in [0, 0.1) is 5.82 Å². The normalized spacial score (nSPS) is 19.6. The van der Waals surface area contributed by atoms with E-state index in [2.05, 4.69) is 20.4 Å². The Morgan fingerprint density at radius 3 is 2.39 bits per heavy atom. The lowest BCUT2D eigenvalue weighted by atomic mass is 9.95. The summed E-state index contributed by atoms with van der Waals surface area (Å²) in [6.07, 6.45) is 0. The van der Waals surface area contributed by atoms with Gasteiger partial charge in [-0.2, -0.15) is 0 Å². The van der Waals surface area contributed by atoms with Gasteiger partial charge in [-0.15, -0.1) is 0 Å². The Labute approximate surface area is 180 Å². The number of carbonyl (C=O) groups is 2. The van der Waals surface area contributed by atoms with Crippen LogP contribution in [0.3, 0.4) is 0 Å². The van der Waals surface area contributed by atoms with Gasteiger partial charge < -0.3 is 20.3 Å². The molecule has 0 radical (unpaired) electrons. The number of rotatable bonds is 5. The summed E-state index contributed by atoms with van der Waals surface area (Å²) in [6.45, 7) is 3.45. The Hall–Kier alpha value is -3.39. The van der Waals surface area contributed by atoms with E-state index in [9.17, 15) is 14.0 Å². The van der Waals surface area contributed by atoms with Crippen molar-refractivity contribution in [3.05, 3.63) is 77.2 Å². The van der Waals surface area contributed by atoms with Gasteiger partial charge in [-0.05, 0) is 29.8 Å². The summed E-state index contributed by atoms with van der Waals surface area (Å²) in [5, 5.41) is 5.64. The van der Waals surface area contributed by atoms with E-state index in [1.165, 1.54) is 19.2 Å². The van der Waals surface area contributed by atoms with Crippen molar-refractivity contribution < 1.29 is 18.7 Å². The average Bonchev–Trinajstić information content (AvgIpc) is 2.80. The third kappa shape index (κ3) is 4.69. The van der Waals surface area contributed by atoms with E-state index in [0.717, 1.165) is 37.4 Å². The van der Waals surface area contributed by atoms with Crippen molar-refractivity contribution in [2.24, 2.45) is 0 Å². The molecule has 2 aliphatic rings. The van der Waals surface area contributed by atoms with Crippen LogP contribution < -0.4 is 15.5 Å². The van der Waals surface area contributed by atoms with Crippen LogP contribution >= 0.6 is 0 Å². The summed E-state index contributed by atoms with van der Waals surface area (Å²) in [4.78, 5) is 29.4. The highest BCUT2D eigenvalue weighted by Crippen LogP contribution is 2.28. The van der Waals surface area contributed by atoms with Gasteiger partial charge in [-0.1, -0.05) is 30.3 Å². The highest BCUT2D eigenvalue weighted by molar-refractivity contribution is 5.95. The van der Waals surface area contributed by atoms with Gasteiger partial charge in [0.05, 0.1) is 18.7 Å². The Kier molecular flexibility index (Phi) is 6.18. The van der Waals surface area contributed by atoms with Gasteiger partial charge in [-0.3, -0.25) is 4.90 Å². The first-order chi connectivity index (χ1) is 15.0. The molecule has 8 heteroatoms. The molecule has 2 N–H and O–H groups in total. The number of amides is 2. The summed E-state index contributed by atoms with van der Waals surface area (Å²) in [6, 6.07) is 14.9. The predicted molar refractivity (Wildman–Crippen MR) is 115 cm³/mol. The maximum Gasteiger partial charge on any atom is 0.338 e. The standard InChI is InChI=1S/C23H25FN4O3/c1-31-22(29)20-19(25-23(30)26-21(20)16-5-3-2-4-6-16)15-27-11-13-28(14-12-27)18-9-7-17(24)8-10-18/h2-10,21H,11-15H2,1H3,(H2,25,26,30)/t21-/m0/s1. The first kappa shape index (κ1) is 20.9. The lowest BCUT2D eigenvalue weighted by Crippen LogP contribution is -2.51. The molecule has 0 aliphatic carbocycles. The van der Waals surface area contributed by atoms with Crippen molar-refractivity contribution in [3.8, 4) is 0 Å². The van der Waals surface area contributed by atoms with Crippen LogP contribution in [0.2, 0.25) is 0 Å². The molecule has 0 bridgehead atoms. The van der Waals surface area contributed by atoms with Crippen LogP contribution in [0.25, 0.3) is 0 Å². The van der Waals surface area contributed by atoms with Gasteiger partial charge in [0, 0.05) is 44.1 Å². The molecular formula is C23H25FN4O3. The summed E-state index contributed by atoms with van der Waals surface area (Å²) in [7, 11) is 1.34. The second-order valence-electron chi connectivity index (χ2n) is 7.57. The molecule has 2 aromatic carbocycles. The third-order valence-corrected chi connectivity index (χ3v) is 5.64. The molecule has 1 fully saturated rings. The molecule has 2 aliphatic heterocycles. The number of hydrogen-bond acceptors (Lipinski definition) is 5. The molecule has 1 atom stereocenters. The van der Waals surface area contributed by atoms with E-state index in [-0.39, 0.29) is 11.8 Å². The second-order valence-corrected chi connectivity index (χ2v) is 7.57. The van der Waals surface area contributed by atoms with Crippen LogP contribution in [-0.2, 0) is 9.53 Å². The molecule has 7 nitrogen and oxygen atoms in total. The maximum atomic E-state index is 13.2. The summed E-state index contributed by atoms with van der Waals surface area (Å²) >= 11 is 0. The van der Waals surface area contributed by atoms with Gasteiger partial charge >= 0.3 is 12.0 Å². The lowest BCUT2D eigenvalue weighted by molar-refractivity contribution is -0.136. The molecule has 4 rings (SSSR count). The van der Waals surface area contributed by atoms with Crippen molar-refractivity contribution in [3.63, 3.8) is 0 Å². The second kappa shape index (κ2) is 9.18. The summed E-state index contributed by atoms with van der Waals surface area (Å²) in [5.41, 5.74) is 2.76. The fourth-order valence-corrected chi connectivity index (χ4v) is 4.03. The average molecular weight is 424 g/mol. The Morgan fingerprint density at radius 1 is 1.06 bits per heavy atom. The van der Waals surface area contributed by atoms with Crippen LogP contribution in [0.4, 0.5) is 14.9 Å². The predicted octanol–water partition coefficient (Wildman–Crippen LogP) is 2.43. The van der Waals surface area contributed by atoms with Crippen molar-refractivity contribution in [1.29, 1.82) is 0 Å². The highest BCUT2D eigenvalue weighted by atomic mass is 19.1. The minimum atomic E-state index is -0.571. The molecule has 0 saturated carbocycles. The Bertz CT molecular complexity index is 970. The molecule has 2 amide bonds. The minimum Gasteiger partial charge on any atom is -0.466 e. The molecule has 162 valence electrons. The number of ether oxygens (including phenoxy) is 1. The number of anilines is 1. The van der Waals surface area contributed by atoms with Crippen LogP contribution in [0.1, 0.15) is 11.6 Å². The lowest BCUT2D eigenvalue weighted by Gasteiger charge is -2.38. The summed E-state index contributed by atoms with van der Waals surface area (Å²) < 4.78 is 18.2. The third-order valence-electron chi connectivity index (χ3n) is 5.64. The van der Waals surface area contributed by atoms with Crippen molar-refractivity contribution in [2.45, 2.75) is 6.04 Å². The van der Waals surface area contributed by atoms with Gasteiger partial charge in [-0.25, -0.2) is 14.0 Å². The number of halogens is 1. The zero-order chi connectivity index (χ0) is 21.8. The minimum absolute atomic E-state index is 0.251. The zero-order valence-corrected chi connectivity index (χ0v) is 17.3. The molecule has 0 unspecified atom stereocenters. The Morgan fingerprint density at radius 2 is 1.74 bits per heavy atom. The zero-order valence-electron chi connectivity index (χ0n) is 17.3. The van der Waals surface area contributed by atoms with Gasteiger partial charge in [0.15, 0.2) is 0 Å². The fourth-order valence-electron chi connectivity index (χ4n) is 4.03. The molecule has 1 saturated heterocycles. The van der Waals surface area contributed by atoms with Crippen LogP contribution in [0.5, 0.6) is 0 Å². The van der Waals surface area contributed by atoms with Crippen molar-refractivity contribution in [2.75, 3.05) is 44.7 Å². The van der Waals surface area contributed by atoms with E-state index in [4.69, 9.17) is 4.74 Å². The monoisotopic (exact) mass is 424 g/mol. The van der Waals surface area contributed by atoms with Crippen LogP contribution in [0.15, 0.2) is 65.9 Å². The largest absolute Gasteiger partial charge is 0.466 e. The molecule has 0 aromatic heterocycles. The number of piperazine rings is 1. The fraction of sp³-hybridized carbons (Fsp3) is 0.304. The van der Waals surface area contributed by atoms with E-state index in [0.29, 0.717) is 17.8 Å². The number of esters is 1. The highest BCUT2D eigenvalue weighted by Gasteiger charge is 2.34. The molecule has 2 aromatic rings. The molecule has 31 heavy (non-hydrogen) atoms. The summed E-state index contributed by atoms with van der Waals surface area (Å²) in [5.74, 6) is -0.722. The smallest absolute Gasteiger partial charge is 0.338 e. The van der Waals surface area contributed by atoms with E-state index in [1.54, 1.807) is 12.1 Å².